The molecule has 1 heterocycles. The summed E-state index contributed by atoms with van der Waals surface area (Å²) in [7, 11) is 0. The molecule has 2 nitrogen and oxygen atoms in total. The summed E-state index contributed by atoms with van der Waals surface area (Å²) in [5, 5.41) is 11.0. The predicted molar refractivity (Wildman–Crippen MR) is 69.2 cm³/mol. The van der Waals surface area contributed by atoms with Gasteiger partial charge in [-0.25, -0.2) is 0 Å². The molecule has 2 heteroatoms. The zero-order valence-electron chi connectivity index (χ0n) is 9.89. The van der Waals surface area contributed by atoms with Crippen LogP contribution in [-0.4, -0.2) is 10.1 Å². The zero-order valence-corrected chi connectivity index (χ0v) is 9.89. The molecule has 0 unspecified atom stereocenters. The molecule has 0 atom stereocenters. The van der Waals surface area contributed by atoms with Crippen molar-refractivity contribution < 1.29 is 5.11 Å². The second-order valence-electron chi connectivity index (χ2n) is 4.91. The molecule has 1 saturated carbocycles. The van der Waals surface area contributed by atoms with Crippen molar-refractivity contribution in [1.29, 1.82) is 0 Å². The highest BCUT2D eigenvalue weighted by molar-refractivity contribution is 5.87. The number of hydrogen-bond acceptors (Lipinski definition) is 2. The Labute approximate surface area is 101 Å². The minimum atomic E-state index is 0.292. The molecule has 0 radical (unpaired) electrons. The minimum Gasteiger partial charge on any atom is -0.506 e. The van der Waals surface area contributed by atoms with Crippen molar-refractivity contribution in [3.05, 3.63) is 36.0 Å². The van der Waals surface area contributed by atoms with Crippen LogP contribution in [0.15, 0.2) is 30.5 Å². The number of aromatic hydroxyl groups is 1. The lowest BCUT2D eigenvalue weighted by Crippen LogP contribution is -2.05. The molecule has 1 fully saturated rings. The molecule has 0 saturated heterocycles. The number of rotatable bonds is 1. The summed E-state index contributed by atoms with van der Waals surface area (Å²) in [5.74, 6) is 0.941. The lowest BCUT2D eigenvalue weighted by Gasteiger charge is -2.23. The molecule has 0 amide bonds. The lowest BCUT2D eigenvalue weighted by atomic mass is 9.83. The van der Waals surface area contributed by atoms with Crippen LogP contribution in [0.1, 0.15) is 43.6 Å². The fraction of sp³-hybridized carbons (Fsp3) is 0.400. The number of benzene rings is 1. The van der Waals surface area contributed by atoms with Gasteiger partial charge in [-0.05, 0) is 36.5 Å². The Kier molecular flexibility index (Phi) is 2.71. The van der Waals surface area contributed by atoms with E-state index in [2.05, 4.69) is 17.1 Å². The molecular formula is C15H17NO. The van der Waals surface area contributed by atoms with Crippen LogP contribution in [0.5, 0.6) is 5.75 Å². The van der Waals surface area contributed by atoms with E-state index in [-0.39, 0.29) is 0 Å². The summed E-state index contributed by atoms with van der Waals surface area (Å²) in [4.78, 5) is 4.29. The van der Waals surface area contributed by atoms with Crippen LogP contribution in [0.2, 0.25) is 0 Å². The molecule has 1 aromatic carbocycles. The van der Waals surface area contributed by atoms with Gasteiger partial charge < -0.3 is 5.11 Å². The number of fused-ring (bicyclic) bond motifs is 1. The van der Waals surface area contributed by atoms with Gasteiger partial charge in [-0.3, -0.25) is 4.98 Å². The van der Waals surface area contributed by atoms with E-state index in [1.807, 2.05) is 12.3 Å². The van der Waals surface area contributed by atoms with E-state index in [1.54, 1.807) is 6.07 Å². The van der Waals surface area contributed by atoms with Crippen LogP contribution < -0.4 is 0 Å². The van der Waals surface area contributed by atoms with Crippen LogP contribution in [0.3, 0.4) is 0 Å². The second-order valence-corrected chi connectivity index (χ2v) is 4.91. The van der Waals surface area contributed by atoms with Gasteiger partial charge in [0.05, 0.1) is 0 Å². The molecule has 1 aliphatic rings. The second kappa shape index (κ2) is 4.36. The van der Waals surface area contributed by atoms with Crippen LogP contribution in [0, 0.1) is 0 Å². The van der Waals surface area contributed by atoms with Crippen LogP contribution in [0.25, 0.3) is 10.9 Å². The molecule has 88 valence electrons. The summed E-state index contributed by atoms with van der Waals surface area (Å²) in [6.07, 6.45) is 8.39. The Morgan fingerprint density at radius 1 is 1.06 bits per heavy atom. The van der Waals surface area contributed by atoms with E-state index in [4.69, 9.17) is 0 Å². The van der Waals surface area contributed by atoms with Crippen molar-refractivity contribution in [3.8, 4) is 5.75 Å². The first kappa shape index (κ1) is 10.6. The van der Waals surface area contributed by atoms with Crippen molar-refractivity contribution in [2.24, 2.45) is 0 Å². The van der Waals surface area contributed by atoms with Crippen LogP contribution in [0.4, 0.5) is 0 Å². The molecule has 1 aromatic heterocycles. The highest BCUT2D eigenvalue weighted by Gasteiger charge is 2.18. The summed E-state index contributed by atoms with van der Waals surface area (Å²) in [6, 6.07) is 7.81. The van der Waals surface area contributed by atoms with E-state index in [0.717, 1.165) is 10.9 Å². The molecule has 0 spiro atoms. The summed E-state index contributed by atoms with van der Waals surface area (Å²) < 4.78 is 0. The Bertz CT molecular complexity index is 529. The van der Waals surface area contributed by atoms with Crippen molar-refractivity contribution in [2.75, 3.05) is 0 Å². The third kappa shape index (κ3) is 1.88. The zero-order chi connectivity index (χ0) is 11.7. The molecule has 0 bridgehead atoms. The SMILES string of the molecule is Oc1cccc2c(C3CCCCC3)ccnc12. The topological polar surface area (TPSA) is 33.1 Å². The first-order valence-corrected chi connectivity index (χ1v) is 6.43. The van der Waals surface area contributed by atoms with Gasteiger partial charge in [-0.1, -0.05) is 31.4 Å². The Balaban J connectivity index is 2.12. The lowest BCUT2D eigenvalue weighted by molar-refractivity contribution is 0.445. The quantitative estimate of drug-likeness (QED) is 0.799. The first-order valence-electron chi connectivity index (χ1n) is 6.43. The van der Waals surface area contributed by atoms with Crippen molar-refractivity contribution >= 4 is 10.9 Å². The maximum Gasteiger partial charge on any atom is 0.141 e. The van der Waals surface area contributed by atoms with E-state index in [0.29, 0.717) is 11.7 Å². The standard InChI is InChI=1S/C15H17NO/c17-14-8-4-7-13-12(9-10-16-15(13)14)11-5-2-1-3-6-11/h4,7-11,17H,1-3,5-6H2. The smallest absolute Gasteiger partial charge is 0.141 e. The molecule has 0 aliphatic heterocycles. The first-order chi connectivity index (χ1) is 8.36. The van der Waals surface area contributed by atoms with Gasteiger partial charge in [0.1, 0.15) is 11.3 Å². The van der Waals surface area contributed by atoms with Gasteiger partial charge in [0.15, 0.2) is 0 Å². The van der Waals surface area contributed by atoms with Crippen LogP contribution >= 0.6 is 0 Å². The number of pyridine rings is 1. The normalized spacial score (nSPS) is 17.4. The average molecular weight is 227 g/mol. The number of phenolic OH excluding ortho intramolecular Hbond substituents is 1. The van der Waals surface area contributed by atoms with Gasteiger partial charge in [0.2, 0.25) is 0 Å². The number of aromatic nitrogens is 1. The molecule has 1 N–H and O–H groups in total. The van der Waals surface area contributed by atoms with Gasteiger partial charge in [0.25, 0.3) is 0 Å². The highest BCUT2D eigenvalue weighted by Crippen LogP contribution is 2.37. The van der Waals surface area contributed by atoms with E-state index >= 15 is 0 Å². The van der Waals surface area contributed by atoms with Gasteiger partial charge in [-0.2, -0.15) is 0 Å². The summed E-state index contributed by atoms with van der Waals surface area (Å²) in [5.41, 5.74) is 2.11. The molecule has 2 aromatic rings. The molecule has 17 heavy (non-hydrogen) atoms. The largest absolute Gasteiger partial charge is 0.506 e. The number of para-hydroxylation sites is 1. The maximum absolute atomic E-state index is 9.83. The van der Waals surface area contributed by atoms with Crippen molar-refractivity contribution in [1.82, 2.24) is 4.98 Å². The fourth-order valence-corrected chi connectivity index (χ4v) is 2.95. The summed E-state index contributed by atoms with van der Waals surface area (Å²) >= 11 is 0. The minimum absolute atomic E-state index is 0.292. The van der Waals surface area contributed by atoms with Crippen LogP contribution in [-0.2, 0) is 0 Å². The van der Waals surface area contributed by atoms with Gasteiger partial charge in [-0.15, -0.1) is 0 Å². The van der Waals surface area contributed by atoms with E-state index in [9.17, 15) is 5.11 Å². The summed E-state index contributed by atoms with van der Waals surface area (Å²) in [6.45, 7) is 0. The highest BCUT2D eigenvalue weighted by atomic mass is 16.3. The Morgan fingerprint density at radius 3 is 2.71 bits per heavy atom. The number of nitrogens with zero attached hydrogens (tertiary/aromatic N) is 1. The van der Waals surface area contributed by atoms with E-state index in [1.165, 1.54) is 37.7 Å². The molecular weight excluding hydrogens is 210 g/mol. The Hall–Kier alpha value is -1.57. The number of hydrogen-bond donors (Lipinski definition) is 1. The number of phenols is 1. The van der Waals surface area contributed by atoms with E-state index < -0.39 is 0 Å². The monoisotopic (exact) mass is 227 g/mol. The average Bonchev–Trinajstić information content (AvgIpc) is 2.40. The fourth-order valence-electron chi connectivity index (χ4n) is 2.95. The third-order valence-corrected chi connectivity index (χ3v) is 3.83. The maximum atomic E-state index is 9.83. The molecule has 1 aliphatic carbocycles. The third-order valence-electron chi connectivity index (χ3n) is 3.83. The molecule has 3 rings (SSSR count). The van der Waals surface area contributed by atoms with Gasteiger partial charge in [0, 0.05) is 11.6 Å². The van der Waals surface area contributed by atoms with Crippen molar-refractivity contribution in [3.63, 3.8) is 0 Å². The van der Waals surface area contributed by atoms with Crippen molar-refractivity contribution in [2.45, 2.75) is 38.0 Å². The predicted octanol–water partition coefficient (Wildman–Crippen LogP) is 3.99. The Morgan fingerprint density at radius 2 is 1.88 bits per heavy atom. The van der Waals surface area contributed by atoms with Gasteiger partial charge >= 0.3 is 0 Å².